The average molecular weight is 294 g/mol. The van der Waals surface area contributed by atoms with Crippen LogP contribution in [0.5, 0.6) is 0 Å². The van der Waals surface area contributed by atoms with E-state index in [1.165, 1.54) is 0 Å². The standard InChI is InChI=1S/C16H30N4O/c1-7-9-16(6,21)11-18-13-10-12(17-8-2)19-14(20-13)15(3,4)5/h10,21H,7-9,11H2,1-6H3,(H2,17,18,19,20). The van der Waals surface area contributed by atoms with E-state index in [9.17, 15) is 5.11 Å². The van der Waals surface area contributed by atoms with Crippen LogP contribution in [0.25, 0.3) is 0 Å². The van der Waals surface area contributed by atoms with Crippen LogP contribution in [0.15, 0.2) is 6.07 Å². The average Bonchev–Trinajstić information content (AvgIpc) is 2.36. The van der Waals surface area contributed by atoms with Gasteiger partial charge in [0.15, 0.2) is 0 Å². The maximum Gasteiger partial charge on any atom is 0.138 e. The zero-order valence-corrected chi connectivity index (χ0v) is 14.2. The summed E-state index contributed by atoms with van der Waals surface area (Å²) < 4.78 is 0. The Morgan fingerprint density at radius 2 is 1.62 bits per heavy atom. The van der Waals surface area contributed by atoms with Gasteiger partial charge in [0, 0.05) is 24.6 Å². The van der Waals surface area contributed by atoms with Gasteiger partial charge in [0.05, 0.1) is 5.60 Å². The van der Waals surface area contributed by atoms with Crippen LogP contribution in [0.2, 0.25) is 0 Å². The first-order chi connectivity index (χ1) is 9.68. The van der Waals surface area contributed by atoms with Crippen molar-refractivity contribution in [2.75, 3.05) is 23.7 Å². The first-order valence-corrected chi connectivity index (χ1v) is 7.77. The fraction of sp³-hybridized carbons (Fsp3) is 0.750. The molecule has 3 N–H and O–H groups in total. The van der Waals surface area contributed by atoms with Gasteiger partial charge in [-0.25, -0.2) is 9.97 Å². The zero-order chi connectivity index (χ0) is 16.1. The number of nitrogens with zero attached hydrogens (tertiary/aromatic N) is 2. The second kappa shape index (κ2) is 7.07. The molecule has 0 saturated heterocycles. The number of rotatable bonds is 7. The van der Waals surface area contributed by atoms with Crippen LogP contribution in [0, 0.1) is 0 Å². The van der Waals surface area contributed by atoms with E-state index in [0.717, 1.165) is 36.8 Å². The maximum absolute atomic E-state index is 10.3. The van der Waals surface area contributed by atoms with E-state index < -0.39 is 5.60 Å². The summed E-state index contributed by atoms with van der Waals surface area (Å²) in [5, 5.41) is 16.7. The Labute approximate surface area is 128 Å². The summed E-state index contributed by atoms with van der Waals surface area (Å²) in [6.45, 7) is 13.5. The Morgan fingerprint density at radius 1 is 1.05 bits per heavy atom. The lowest BCUT2D eigenvalue weighted by Crippen LogP contribution is -2.33. The van der Waals surface area contributed by atoms with Gasteiger partial charge in [-0.15, -0.1) is 0 Å². The molecule has 0 aliphatic rings. The number of hydrogen-bond acceptors (Lipinski definition) is 5. The fourth-order valence-electron chi connectivity index (χ4n) is 2.05. The van der Waals surface area contributed by atoms with Gasteiger partial charge in [0.25, 0.3) is 0 Å². The third kappa shape index (κ3) is 5.87. The van der Waals surface area contributed by atoms with Gasteiger partial charge in [0.2, 0.25) is 0 Å². The molecule has 0 aliphatic heterocycles. The molecule has 1 atom stereocenters. The molecule has 0 spiro atoms. The van der Waals surface area contributed by atoms with Crippen molar-refractivity contribution in [2.45, 2.75) is 65.4 Å². The Hall–Kier alpha value is -1.36. The lowest BCUT2D eigenvalue weighted by molar-refractivity contribution is 0.0636. The number of aromatic nitrogens is 2. The molecule has 0 saturated carbocycles. The summed E-state index contributed by atoms with van der Waals surface area (Å²) in [5.41, 5.74) is -0.840. The molecule has 0 aliphatic carbocycles. The van der Waals surface area contributed by atoms with Gasteiger partial charge in [-0.05, 0) is 20.3 Å². The van der Waals surface area contributed by atoms with Crippen molar-refractivity contribution in [2.24, 2.45) is 0 Å². The van der Waals surface area contributed by atoms with Crippen LogP contribution in [-0.2, 0) is 5.41 Å². The normalized spacial score (nSPS) is 14.6. The third-order valence-electron chi connectivity index (χ3n) is 3.19. The van der Waals surface area contributed by atoms with Crippen molar-refractivity contribution in [1.29, 1.82) is 0 Å². The minimum Gasteiger partial charge on any atom is -0.388 e. The van der Waals surface area contributed by atoms with Gasteiger partial charge >= 0.3 is 0 Å². The van der Waals surface area contributed by atoms with Crippen LogP contribution >= 0.6 is 0 Å². The summed E-state index contributed by atoms with van der Waals surface area (Å²) in [4.78, 5) is 9.13. The number of anilines is 2. The lowest BCUT2D eigenvalue weighted by atomic mass is 9.95. The highest BCUT2D eigenvalue weighted by Crippen LogP contribution is 2.23. The summed E-state index contributed by atoms with van der Waals surface area (Å²) in [6, 6.07) is 1.89. The first kappa shape index (κ1) is 17.7. The van der Waals surface area contributed by atoms with Crippen molar-refractivity contribution in [3.05, 3.63) is 11.9 Å². The van der Waals surface area contributed by atoms with Crippen molar-refractivity contribution in [3.8, 4) is 0 Å². The highest BCUT2D eigenvalue weighted by atomic mass is 16.3. The van der Waals surface area contributed by atoms with Gasteiger partial charge in [0.1, 0.15) is 17.5 Å². The van der Waals surface area contributed by atoms with Gasteiger partial charge < -0.3 is 15.7 Å². The predicted octanol–water partition coefficient (Wildman–Crippen LogP) is 3.17. The molecule has 21 heavy (non-hydrogen) atoms. The smallest absolute Gasteiger partial charge is 0.138 e. The molecule has 1 aromatic rings. The van der Waals surface area contributed by atoms with E-state index in [0.29, 0.717) is 6.54 Å². The summed E-state index contributed by atoms with van der Waals surface area (Å²) in [7, 11) is 0. The van der Waals surface area contributed by atoms with Crippen molar-refractivity contribution in [1.82, 2.24) is 9.97 Å². The quantitative estimate of drug-likeness (QED) is 0.720. The summed E-state index contributed by atoms with van der Waals surface area (Å²) in [5.74, 6) is 2.36. The molecule has 1 aromatic heterocycles. The molecule has 1 heterocycles. The topological polar surface area (TPSA) is 70.1 Å². The Kier molecular flexibility index (Phi) is 5.96. The molecule has 0 radical (unpaired) electrons. The number of nitrogens with one attached hydrogen (secondary N) is 2. The highest BCUT2D eigenvalue weighted by Gasteiger charge is 2.21. The molecule has 1 unspecified atom stereocenters. The van der Waals surface area contributed by atoms with Crippen molar-refractivity contribution < 1.29 is 5.11 Å². The van der Waals surface area contributed by atoms with E-state index in [4.69, 9.17) is 0 Å². The molecule has 1 rings (SSSR count). The predicted molar refractivity (Wildman–Crippen MR) is 88.9 cm³/mol. The second-order valence-electron chi connectivity index (χ2n) is 6.84. The van der Waals surface area contributed by atoms with Crippen LogP contribution in [0.4, 0.5) is 11.6 Å². The van der Waals surface area contributed by atoms with Gasteiger partial charge in [-0.1, -0.05) is 34.1 Å². The molecule has 5 heteroatoms. The number of aliphatic hydroxyl groups is 1. The Balaban J connectivity index is 2.93. The van der Waals surface area contributed by atoms with E-state index in [-0.39, 0.29) is 5.41 Å². The van der Waals surface area contributed by atoms with Crippen molar-refractivity contribution in [3.63, 3.8) is 0 Å². The molecular weight excluding hydrogens is 264 g/mol. The monoisotopic (exact) mass is 294 g/mol. The maximum atomic E-state index is 10.3. The minimum atomic E-state index is -0.722. The van der Waals surface area contributed by atoms with E-state index in [2.05, 4.69) is 48.3 Å². The summed E-state index contributed by atoms with van der Waals surface area (Å²) >= 11 is 0. The Morgan fingerprint density at radius 3 is 2.10 bits per heavy atom. The summed E-state index contributed by atoms with van der Waals surface area (Å²) in [6.07, 6.45) is 1.71. The second-order valence-corrected chi connectivity index (χ2v) is 6.84. The minimum absolute atomic E-state index is 0.117. The molecule has 0 amide bonds. The Bertz CT molecular complexity index is 452. The van der Waals surface area contributed by atoms with Gasteiger partial charge in [-0.3, -0.25) is 0 Å². The number of hydrogen-bond donors (Lipinski definition) is 3. The SMILES string of the molecule is CCCC(C)(O)CNc1cc(NCC)nc(C(C)(C)C)n1. The zero-order valence-electron chi connectivity index (χ0n) is 14.2. The van der Waals surface area contributed by atoms with Crippen LogP contribution in [0.1, 0.15) is 60.2 Å². The molecular formula is C16H30N4O. The molecule has 120 valence electrons. The fourth-order valence-corrected chi connectivity index (χ4v) is 2.05. The molecule has 0 fully saturated rings. The van der Waals surface area contributed by atoms with Crippen LogP contribution < -0.4 is 10.6 Å². The van der Waals surface area contributed by atoms with E-state index >= 15 is 0 Å². The van der Waals surface area contributed by atoms with E-state index in [1.807, 2.05) is 19.9 Å². The van der Waals surface area contributed by atoms with Crippen LogP contribution in [-0.4, -0.2) is 33.8 Å². The molecule has 0 bridgehead atoms. The molecule has 0 aromatic carbocycles. The first-order valence-electron chi connectivity index (χ1n) is 7.77. The lowest BCUT2D eigenvalue weighted by Gasteiger charge is -2.24. The third-order valence-corrected chi connectivity index (χ3v) is 3.19. The molecule has 5 nitrogen and oxygen atoms in total. The largest absolute Gasteiger partial charge is 0.388 e. The van der Waals surface area contributed by atoms with Crippen molar-refractivity contribution >= 4 is 11.6 Å². The highest BCUT2D eigenvalue weighted by molar-refractivity contribution is 5.48. The van der Waals surface area contributed by atoms with Gasteiger partial charge in [-0.2, -0.15) is 0 Å². The van der Waals surface area contributed by atoms with E-state index in [1.54, 1.807) is 0 Å². The van der Waals surface area contributed by atoms with Crippen LogP contribution in [0.3, 0.4) is 0 Å².